The third-order valence-electron chi connectivity index (χ3n) is 1.08. The van der Waals surface area contributed by atoms with E-state index in [0.717, 1.165) is 4.90 Å². The van der Waals surface area contributed by atoms with E-state index in [2.05, 4.69) is 0 Å². The Balaban J connectivity index is 4.63. The molecule has 0 atom stereocenters. The number of likely N-dealkylation sites (N-methyl/N-ethyl adjacent to an activating group) is 1. The fraction of sp³-hybridized carbons (Fsp3) is 1.00. The first-order valence-corrected chi connectivity index (χ1v) is 2.93. The fourth-order valence-corrected chi connectivity index (χ4v) is 0.585. The molecule has 0 spiro atoms. The number of alkyl halides is 1. The lowest BCUT2D eigenvalue weighted by Gasteiger charge is -2.12. The van der Waals surface area contributed by atoms with Crippen molar-refractivity contribution in [3.63, 3.8) is 0 Å². The van der Waals surface area contributed by atoms with Crippen molar-refractivity contribution >= 4 is 0 Å². The predicted molar refractivity (Wildman–Crippen MR) is 36.4 cm³/mol. The molecule has 0 fully saturated rings. The monoisotopic (exact) mass is 181 g/mol. The average Bonchev–Trinajstić information content (AvgIpc) is 1.84. The lowest BCUT2D eigenvalue weighted by Crippen LogP contribution is -2.49. The maximum atomic E-state index is 12.8. The van der Waals surface area contributed by atoms with Gasteiger partial charge in [-0.05, 0) is 14.1 Å². The zero-order valence-corrected chi connectivity index (χ0v) is 6.56. The number of nitro groups is 2. The Morgan fingerprint density at radius 3 is 1.75 bits per heavy atom. The van der Waals surface area contributed by atoms with Crippen LogP contribution in [0.3, 0.4) is 0 Å². The zero-order chi connectivity index (χ0) is 9.94. The summed E-state index contributed by atoms with van der Waals surface area (Å²) in [6.45, 7) is -0.882. The van der Waals surface area contributed by atoms with Gasteiger partial charge in [0.2, 0.25) is 0 Å². The Kier molecular flexibility index (Phi) is 3.02. The SMILES string of the molecule is CN(C)CC(F)([N+](=O)[O-])[N+](=O)[O-]. The molecule has 0 N–H and O–H groups in total. The summed E-state index contributed by atoms with van der Waals surface area (Å²) in [5.41, 5.74) is 0. The Labute approximate surface area is 67.1 Å². The number of hydrogen-bond donors (Lipinski definition) is 0. The van der Waals surface area contributed by atoms with Gasteiger partial charge in [0.15, 0.2) is 6.54 Å². The maximum Gasteiger partial charge on any atom is 0.626 e. The van der Waals surface area contributed by atoms with Gasteiger partial charge in [0.1, 0.15) is 9.85 Å². The van der Waals surface area contributed by atoms with E-state index in [0.29, 0.717) is 0 Å². The van der Waals surface area contributed by atoms with Crippen LogP contribution in [0.2, 0.25) is 0 Å². The van der Waals surface area contributed by atoms with E-state index in [-0.39, 0.29) is 0 Å². The van der Waals surface area contributed by atoms with E-state index in [1.165, 1.54) is 14.1 Å². The van der Waals surface area contributed by atoms with E-state index in [1.54, 1.807) is 0 Å². The van der Waals surface area contributed by atoms with Gasteiger partial charge >= 0.3 is 5.92 Å². The normalized spacial score (nSPS) is 11.7. The molecule has 0 unspecified atom stereocenters. The molecule has 7 nitrogen and oxygen atoms in total. The Morgan fingerprint density at radius 1 is 1.33 bits per heavy atom. The summed E-state index contributed by atoms with van der Waals surface area (Å²) in [6, 6.07) is 0. The topological polar surface area (TPSA) is 89.5 Å². The molecule has 8 heteroatoms. The molecule has 0 saturated heterocycles. The average molecular weight is 181 g/mol. The van der Waals surface area contributed by atoms with Gasteiger partial charge in [0.05, 0.1) is 0 Å². The highest BCUT2D eigenvalue weighted by Crippen LogP contribution is 2.13. The van der Waals surface area contributed by atoms with E-state index in [9.17, 15) is 24.6 Å². The molecule has 70 valence electrons. The van der Waals surface area contributed by atoms with Crippen molar-refractivity contribution in [2.45, 2.75) is 5.92 Å². The highest BCUT2D eigenvalue weighted by Gasteiger charge is 2.58. The molecule has 0 heterocycles. The summed E-state index contributed by atoms with van der Waals surface area (Å²) in [7, 11) is 2.61. The van der Waals surface area contributed by atoms with Gasteiger partial charge in [0, 0.05) is 0 Å². The molecule has 0 radical (unpaired) electrons. The summed E-state index contributed by atoms with van der Waals surface area (Å²) in [4.78, 5) is 17.9. The minimum atomic E-state index is -3.61. The number of nitrogens with zero attached hydrogens (tertiary/aromatic N) is 3. The third kappa shape index (κ3) is 2.09. The first-order valence-electron chi connectivity index (χ1n) is 2.93. The molecule has 0 aromatic carbocycles. The standard InChI is InChI=1S/C4H8FN3O4/c1-6(2)3-4(5,7(9)10)8(11)12/h3H2,1-2H3. The summed E-state index contributed by atoms with van der Waals surface area (Å²) >= 11 is 0. The van der Waals surface area contributed by atoms with Crippen molar-refractivity contribution in [3.8, 4) is 0 Å². The van der Waals surface area contributed by atoms with Crippen LogP contribution in [0.1, 0.15) is 0 Å². The predicted octanol–water partition coefficient (Wildman–Crippen LogP) is -0.275. The smallest absolute Gasteiger partial charge is 0.293 e. The van der Waals surface area contributed by atoms with Crippen LogP contribution in [-0.2, 0) is 0 Å². The van der Waals surface area contributed by atoms with E-state index in [1.807, 2.05) is 0 Å². The molecule has 0 amide bonds. The summed E-state index contributed by atoms with van der Waals surface area (Å²) in [6.07, 6.45) is 0. The largest absolute Gasteiger partial charge is 0.626 e. The second-order valence-electron chi connectivity index (χ2n) is 2.47. The lowest BCUT2D eigenvalue weighted by molar-refractivity contribution is -0.830. The van der Waals surface area contributed by atoms with Gasteiger partial charge in [-0.1, -0.05) is 4.39 Å². The van der Waals surface area contributed by atoms with Crippen molar-refractivity contribution < 1.29 is 14.2 Å². The molecule has 0 aliphatic carbocycles. The van der Waals surface area contributed by atoms with Crippen molar-refractivity contribution in [1.82, 2.24) is 4.90 Å². The Morgan fingerprint density at radius 2 is 1.67 bits per heavy atom. The van der Waals surface area contributed by atoms with Gasteiger partial charge in [0.25, 0.3) is 0 Å². The lowest BCUT2D eigenvalue weighted by atomic mass is 10.4. The Hall–Kier alpha value is -1.31. The highest BCUT2D eigenvalue weighted by atomic mass is 19.2. The van der Waals surface area contributed by atoms with E-state index in [4.69, 9.17) is 0 Å². The highest BCUT2D eigenvalue weighted by molar-refractivity contribution is 4.55. The number of hydrogen-bond acceptors (Lipinski definition) is 5. The van der Waals surface area contributed by atoms with Crippen molar-refractivity contribution in [1.29, 1.82) is 0 Å². The van der Waals surface area contributed by atoms with Crippen molar-refractivity contribution in [2.75, 3.05) is 20.6 Å². The molecule has 0 saturated carbocycles. The second kappa shape index (κ2) is 3.39. The van der Waals surface area contributed by atoms with E-state index >= 15 is 0 Å². The quantitative estimate of drug-likeness (QED) is 0.257. The minimum Gasteiger partial charge on any atom is -0.293 e. The maximum absolute atomic E-state index is 12.8. The molecular weight excluding hydrogens is 173 g/mol. The van der Waals surface area contributed by atoms with Crippen LogP contribution in [0.4, 0.5) is 4.39 Å². The van der Waals surface area contributed by atoms with Crippen LogP contribution < -0.4 is 0 Å². The molecule has 0 rings (SSSR count). The van der Waals surface area contributed by atoms with Crippen LogP contribution in [0.5, 0.6) is 0 Å². The molecule has 0 bridgehead atoms. The van der Waals surface area contributed by atoms with Crippen molar-refractivity contribution in [2.24, 2.45) is 0 Å². The molecule has 0 aliphatic heterocycles. The summed E-state index contributed by atoms with van der Waals surface area (Å²) in [5.74, 6) is -3.61. The van der Waals surface area contributed by atoms with Gasteiger partial charge in [-0.15, -0.1) is 0 Å². The minimum absolute atomic E-state index is 0.882. The van der Waals surface area contributed by atoms with Crippen LogP contribution in [-0.4, -0.2) is 41.3 Å². The number of halogens is 1. The van der Waals surface area contributed by atoms with Crippen molar-refractivity contribution in [3.05, 3.63) is 20.2 Å². The summed E-state index contributed by atoms with van der Waals surface area (Å²) < 4.78 is 12.8. The first kappa shape index (κ1) is 10.7. The van der Waals surface area contributed by atoms with Gasteiger partial charge in [-0.25, -0.2) is 0 Å². The second-order valence-corrected chi connectivity index (χ2v) is 2.47. The first-order chi connectivity index (χ1) is 5.30. The van der Waals surface area contributed by atoms with Crippen LogP contribution >= 0.6 is 0 Å². The van der Waals surface area contributed by atoms with Gasteiger partial charge in [-0.2, -0.15) is 0 Å². The molecule has 12 heavy (non-hydrogen) atoms. The molecule has 0 aromatic heterocycles. The molecular formula is C4H8FN3O4. The van der Waals surface area contributed by atoms with E-state index < -0.39 is 22.3 Å². The van der Waals surface area contributed by atoms with Gasteiger partial charge in [-0.3, -0.25) is 25.1 Å². The van der Waals surface area contributed by atoms with Crippen LogP contribution in [0.25, 0.3) is 0 Å². The van der Waals surface area contributed by atoms with Crippen LogP contribution in [0.15, 0.2) is 0 Å². The molecule has 0 aromatic rings. The van der Waals surface area contributed by atoms with Gasteiger partial charge < -0.3 is 0 Å². The zero-order valence-electron chi connectivity index (χ0n) is 6.56. The van der Waals surface area contributed by atoms with Crippen LogP contribution in [0, 0.1) is 20.2 Å². The fourth-order valence-electron chi connectivity index (χ4n) is 0.585. The number of rotatable bonds is 4. The summed E-state index contributed by atoms with van der Waals surface area (Å²) in [5, 5.41) is 19.9. The third-order valence-corrected chi connectivity index (χ3v) is 1.08. The Bertz CT molecular complexity index is 192. The molecule has 0 aliphatic rings.